The summed E-state index contributed by atoms with van der Waals surface area (Å²) < 4.78 is 64.2. The number of carbonyl (C=O) groups excluding carboxylic acids is 3. The lowest BCUT2D eigenvalue weighted by atomic mass is 9.85. The van der Waals surface area contributed by atoms with Gasteiger partial charge < -0.3 is 39.8 Å². The number of unbranched alkanes of at least 4 members (excludes halogenated alkanes) is 1. The summed E-state index contributed by atoms with van der Waals surface area (Å²) in [4.78, 5) is 52.4. The van der Waals surface area contributed by atoms with E-state index in [1.807, 2.05) is 88.0 Å². The number of hydrogen-bond donors (Lipinski definition) is 4. The third-order valence-corrected chi connectivity index (χ3v) is 13.6. The minimum Gasteiger partial charge on any atom is -0.493 e. The minimum absolute atomic E-state index is 0.0159. The summed E-state index contributed by atoms with van der Waals surface area (Å²) in [6.45, 7) is 13.0. The zero-order valence-electron chi connectivity index (χ0n) is 40.5. The van der Waals surface area contributed by atoms with Gasteiger partial charge in [-0.05, 0) is 75.1 Å². The number of aromatic amines is 1. The number of H-pyrrole nitrogens is 1. The van der Waals surface area contributed by atoms with Crippen LogP contribution in [0, 0.1) is 24.0 Å². The topological polar surface area (TPSA) is 158 Å². The van der Waals surface area contributed by atoms with Crippen molar-refractivity contribution in [1.82, 2.24) is 30.4 Å². The number of nitrogens with zero attached hydrogens (tertiary/aromatic N) is 3. The van der Waals surface area contributed by atoms with Gasteiger partial charge >= 0.3 is 0 Å². The Kier molecular flexibility index (Phi) is 16.6. The SMILES string of the molecule is Cc1ncsc1-c1ccc(CNC(=O)[C@@H]2C[C@@H](O)CN2C(=O)[C@@H](NC(=O)COCCOCCCCOc2cc(F)c([C@@H]3c4[nH]c5ccccc5c4C[C@@H](C)N3CC(C)(C)F)c(F)c2)C(C)(C)C)cc1. The standard InChI is InChI=1S/C52H65F3N6O7S/c1-31-22-38-37-12-8-9-13-41(37)58-45(38)46(61(31)29-52(6,7)55)44-39(53)24-36(25-40(44)54)68-19-11-10-18-66-20-21-67-28-43(63)59-48(51(3,4)5)50(65)60-27-35(62)23-42(60)49(64)56-26-33-14-16-34(17-15-33)47-32(2)57-30-69-47/h8-9,12-17,24-25,30-31,35,42,46,48,58,62H,10-11,18-23,26-29H2,1-7H3,(H,56,64)(H,59,63)/t31-,35-,42+,46-,48-/m1/s1. The van der Waals surface area contributed by atoms with Crippen molar-refractivity contribution in [2.75, 3.05) is 46.1 Å². The van der Waals surface area contributed by atoms with E-state index in [4.69, 9.17) is 14.2 Å². The molecule has 0 spiro atoms. The van der Waals surface area contributed by atoms with Crippen LogP contribution in [0.1, 0.15) is 94.9 Å². The van der Waals surface area contributed by atoms with E-state index in [9.17, 15) is 19.5 Å². The van der Waals surface area contributed by atoms with Crippen molar-refractivity contribution < 1.29 is 46.9 Å². The first kappa shape index (κ1) is 51.5. The van der Waals surface area contributed by atoms with E-state index in [1.165, 1.54) is 30.9 Å². The second kappa shape index (κ2) is 22.2. The third kappa shape index (κ3) is 12.7. The number of ether oxygens (including phenoxy) is 3. The van der Waals surface area contributed by atoms with Crippen molar-refractivity contribution in [3.8, 4) is 16.2 Å². The number of likely N-dealkylation sites (tertiary alicyclic amines) is 1. The Morgan fingerprint density at radius 1 is 0.971 bits per heavy atom. The molecule has 2 aliphatic heterocycles. The number of halogens is 3. The smallest absolute Gasteiger partial charge is 0.246 e. The van der Waals surface area contributed by atoms with Gasteiger partial charge in [0.1, 0.15) is 41.7 Å². The molecule has 4 heterocycles. The Balaban J connectivity index is 0.826. The first-order valence-corrected chi connectivity index (χ1v) is 24.5. The fraction of sp³-hybridized carbons (Fsp3) is 0.500. The average Bonchev–Trinajstić information content (AvgIpc) is 4.01. The first-order valence-electron chi connectivity index (χ1n) is 23.7. The van der Waals surface area contributed by atoms with Gasteiger partial charge in [-0.3, -0.25) is 19.3 Å². The lowest BCUT2D eigenvalue weighted by Crippen LogP contribution is -2.58. The second-order valence-corrected chi connectivity index (χ2v) is 20.7. The number of thiazole rings is 1. The lowest BCUT2D eigenvalue weighted by molar-refractivity contribution is -0.144. The summed E-state index contributed by atoms with van der Waals surface area (Å²) in [5.74, 6) is -2.88. The molecule has 0 radical (unpaired) electrons. The van der Waals surface area contributed by atoms with Crippen LogP contribution in [-0.4, -0.2) is 119 Å². The molecule has 0 aliphatic carbocycles. The highest BCUT2D eigenvalue weighted by Crippen LogP contribution is 2.44. The van der Waals surface area contributed by atoms with Gasteiger partial charge in [-0.15, -0.1) is 11.3 Å². The number of aromatic nitrogens is 2. The normalized spacial score (nSPS) is 19.1. The van der Waals surface area contributed by atoms with Crippen LogP contribution in [0.2, 0.25) is 0 Å². The van der Waals surface area contributed by atoms with Crippen LogP contribution >= 0.6 is 11.3 Å². The highest BCUT2D eigenvalue weighted by Gasteiger charge is 2.45. The number of alkyl halides is 1. The molecular formula is C52H65F3N6O7S. The molecule has 4 N–H and O–H groups in total. The molecular weight excluding hydrogens is 910 g/mol. The Morgan fingerprint density at radius 3 is 2.35 bits per heavy atom. The Hall–Kier alpha value is -5.33. The van der Waals surface area contributed by atoms with E-state index in [0.717, 1.165) is 38.2 Å². The van der Waals surface area contributed by atoms with Gasteiger partial charge in [0, 0.05) is 73.0 Å². The summed E-state index contributed by atoms with van der Waals surface area (Å²) in [5.41, 5.74) is 4.67. The van der Waals surface area contributed by atoms with Gasteiger partial charge in [0.15, 0.2) is 0 Å². The van der Waals surface area contributed by atoms with Crippen molar-refractivity contribution in [3.05, 3.63) is 106 Å². The fourth-order valence-electron chi connectivity index (χ4n) is 9.27. The minimum atomic E-state index is -1.61. The van der Waals surface area contributed by atoms with E-state index in [-0.39, 0.29) is 69.8 Å². The van der Waals surface area contributed by atoms with Crippen molar-refractivity contribution in [2.24, 2.45) is 5.41 Å². The van der Waals surface area contributed by atoms with Gasteiger partial charge in [0.05, 0.1) is 48.0 Å². The molecule has 5 aromatic rings. The molecule has 13 nitrogen and oxygen atoms in total. The van der Waals surface area contributed by atoms with Crippen LogP contribution in [0.25, 0.3) is 21.3 Å². The average molecular weight is 975 g/mol. The van der Waals surface area contributed by atoms with Gasteiger partial charge in [-0.25, -0.2) is 18.2 Å². The second-order valence-electron chi connectivity index (χ2n) is 19.9. The molecule has 17 heteroatoms. The van der Waals surface area contributed by atoms with Crippen molar-refractivity contribution in [2.45, 2.75) is 117 Å². The zero-order chi connectivity index (χ0) is 49.6. The van der Waals surface area contributed by atoms with Crippen LogP contribution in [0.4, 0.5) is 13.2 Å². The van der Waals surface area contributed by atoms with Crippen LogP contribution in [0.15, 0.2) is 66.2 Å². The highest BCUT2D eigenvalue weighted by molar-refractivity contribution is 7.13. The van der Waals surface area contributed by atoms with E-state index in [1.54, 1.807) is 16.8 Å². The summed E-state index contributed by atoms with van der Waals surface area (Å²) in [6.07, 6.45) is 0.908. The number of benzene rings is 3. The number of hydrogen-bond acceptors (Lipinski definition) is 10. The maximum atomic E-state index is 16.0. The number of aliphatic hydroxyl groups is 1. The Bertz CT molecular complexity index is 2550. The molecule has 372 valence electrons. The molecule has 69 heavy (non-hydrogen) atoms. The summed E-state index contributed by atoms with van der Waals surface area (Å²) >= 11 is 1.56. The van der Waals surface area contributed by atoms with E-state index in [0.29, 0.717) is 31.6 Å². The first-order chi connectivity index (χ1) is 32.8. The van der Waals surface area contributed by atoms with Crippen molar-refractivity contribution in [1.29, 1.82) is 0 Å². The van der Waals surface area contributed by atoms with Crippen LogP contribution in [0.5, 0.6) is 5.75 Å². The molecule has 0 unspecified atom stereocenters. The van der Waals surface area contributed by atoms with Crippen LogP contribution in [-0.2, 0) is 36.8 Å². The maximum Gasteiger partial charge on any atom is 0.246 e. The summed E-state index contributed by atoms with van der Waals surface area (Å²) in [5, 5.41) is 17.2. The number of aryl methyl sites for hydroxylation is 1. The molecule has 5 atom stereocenters. The Morgan fingerprint density at radius 2 is 1.67 bits per heavy atom. The number of β-amino-alcohol motifs (C(OH)–C–C–N with tert-alkyl or cyclic N) is 1. The number of carbonyl (C=O) groups is 3. The molecule has 7 rings (SSSR count). The lowest BCUT2D eigenvalue weighted by Gasteiger charge is -2.43. The summed E-state index contributed by atoms with van der Waals surface area (Å²) in [6, 6.07) is 15.0. The molecule has 3 amide bonds. The predicted molar refractivity (Wildman–Crippen MR) is 260 cm³/mol. The molecule has 2 aromatic heterocycles. The number of nitrogens with one attached hydrogen (secondary N) is 3. The van der Waals surface area contributed by atoms with Crippen LogP contribution in [0.3, 0.4) is 0 Å². The predicted octanol–water partition coefficient (Wildman–Crippen LogP) is 7.96. The molecule has 1 saturated heterocycles. The fourth-order valence-corrected chi connectivity index (χ4v) is 10.1. The van der Waals surface area contributed by atoms with Crippen LogP contribution < -0.4 is 15.4 Å². The summed E-state index contributed by atoms with van der Waals surface area (Å²) in [7, 11) is 0. The van der Waals surface area contributed by atoms with Gasteiger partial charge in [0.25, 0.3) is 0 Å². The van der Waals surface area contributed by atoms with Gasteiger partial charge in [0.2, 0.25) is 17.7 Å². The zero-order valence-corrected chi connectivity index (χ0v) is 41.3. The monoisotopic (exact) mass is 974 g/mol. The number of para-hydroxylation sites is 1. The van der Waals surface area contributed by atoms with Crippen molar-refractivity contribution in [3.63, 3.8) is 0 Å². The number of rotatable bonds is 20. The van der Waals surface area contributed by atoms with Gasteiger partial charge in [-0.2, -0.15) is 0 Å². The molecule has 2 aliphatic rings. The molecule has 3 aromatic carbocycles. The highest BCUT2D eigenvalue weighted by atomic mass is 32.1. The van der Waals surface area contributed by atoms with Crippen molar-refractivity contribution >= 4 is 40.0 Å². The van der Waals surface area contributed by atoms with E-state index < -0.39 is 64.7 Å². The number of aliphatic hydroxyl groups excluding tert-OH is 1. The maximum absolute atomic E-state index is 16.0. The quantitative estimate of drug-likeness (QED) is 0.0568. The number of fused-ring (bicyclic) bond motifs is 3. The third-order valence-electron chi connectivity index (χ3n) is 12.7. The molecule has 0 saturated carbocycles. The van der Waals surface area contributed by atoms with E-state index >= 15 is 13.2 Å². The molecule has 1 fully saturated rings. The Labute approximate surface area is 406 Å². The largest absolute Gasteiger partial charge is 0.493 e. The van der Waals surface area contributed by atoms with E-state index in [2.05, 4.69) is 20.6 Å². The number of amides is 3. The van der Waals surface area contributed by atoms with Gasteiger partial charge in [-0.1, -0.05) is 63.2 Å². The molecule has 0 bridgehead atoms.